The summed E-state index contributed by atoms with van der Waals surface area (Å²) in [5.41, 5.74) is -1.38. The van der Waals surface area contributed by atoms with Crippen molar-refractivity contribution >= 4 is 33.6 Å². The predicted octanol–water partition coefficient (Wildman–Crippen LogP) is 6.66. The minimum absolute atomic E-state index is 0.0733. The summed E-state index contributed by atoms with van der Waals surface area (Å²) in [6.45, 7) is 7.48. The van der Waals surface area contributed by atoms with E-state index in [4.69, 9.17) is 14.5 Å². The van der Waals surface area contributed by atoms with Gasteiger partial charge in [0.15, 0.2) is 17.5 Å². The van der Waals surface area contributed by atoms with Gasteiger partial charge in [-0.05, 0) is 58.0 Å². The fourth-order valence-corrected chi connectivity index (χ4v) is 7.42. The van der Waals surface area contributed by atoms with Gasteiger partial charge in [-0.3, -0.25) is 9.88 Å². The third-order valence-electron chi connectivity index (χ3n) is 9.76. The monoisotopic (exact) mass is 666 g/mol. The van der Waals surface area contributed by atoms with Crippen LogP contribution in [0.1, 0.15) is 46.5 Å². The van der Waals surface area contributed by atoms with Gasteiger partial charge >= 0.3 is 12.1 Å². The smallest absolute Gasteiger partial charge is 0.410 e. The van der Waals surface area contributed by atoms with Gasteiger partial charge in [0.05, 0.1) is 10.9 Å². The molecule has 3 aliphatic rings. The van der Waals surface area contributed by atoms with Crippen molar-refractivity contribution in [2.75, 3.05) is 44.7 Å². The first-order chi connectivity index (χ1) is 22.8. The van der Waals surface area contributed by atoms with Crippen molar-refractivity contribution in [3.8, 4) is 17.3 Å². The molecule has 3 atom stereocenters. The molecule has 254 valence electrons. The summed E-state index contributed by atoms with van der Waals surface area (Å²) in [4.78, 5) is 32.0. The van der Waals surface area contributed by atoms with Crippen LogP contribution in [0.15, 0.2) is 36.5 Å². The van der Waals surface area contributed by atoms with Crippen LogP contribution in [0.3, 0.4) is 0 Å². The molecule has 1 amide bonds. The van der Waals surface area contributed by atoms with Crippen molar-refractivity contribution in [2.45, 2.75) is 69.8 Å². The molecule has 0 N–H and O–H groups in total. The SMILES string of the molecule is CN(c1nc(OC[C@@]23CCCN2C[C@H](F)C3)nc2c(F)c(-c3cccc4ccc(F)c(F)c34)ncc12)[C@@H]1CCN(C(=O)OC(C)(C)C)C1. The summed E-state index contributed by atoms with van der Waals surface area (Å²) in [6, 6.07) is 6.87. The van der Waals surface area contributed by atoms with Gasteiger partial charge in [-0.2, -0.15) is 9.97 Å². The van der Waals surface area contributed by atoms with Crippen LogP contribution >= 0.6 is 0 Å². The Labute approximate surface area is 275 Å². The van der Waals surface area contributed by atoms with Crippen LogP contribution in [0.4, 0.5) is 28.2 Å². The number of likely N-dealkylation sites (tertiary alicyclic amines) is 1. The summed E-state index contributed by atoms with van der Waals surface area (Å²) in [7, 11) is 1.80. The highest BCUT2D eigenvalue weighted by atomic mass is 19.2. The van der Waals surface area contributed by atoms with Crippen LogP contribution in [0.5, 0.6) is 6.01 Å². The van der Waals surface area contributed by atoms with Gasteiger partial charge < -0.3 is 19.3 Å². The van der Waals surface area contributed by atoms with Gasteiger partial charge in [0.25, 0.3) is 0 Å². The summed E-state index contributed by atoms with van der Waals surface area (Å²) in [6.07, 6.45) is 2.66. The molecule has 2 aromatic heterocycles. The Kier molecular flexibility index (Phi) is 8.08. The van der Waals surface area contributed by atoms with Crippen molar-refractivity contribution < 1.29 is 31.8 Å². The molecule has 3 fully saturated rings. The Balaban J connectivity index is 1.29. The number of rotatable bonds is 6. The maximum atomic E-state index is 16.7. The number of alkyl halides is 1. The maximum Gasteiger partial charge on any atom is 0.410 e. The standard InChI is InChI=1S/C35H38F4N6O3/c1-34(2,3)48-33(46)44-14-11-22(18-44)43(4)31-24-16-40-29(23-8-5-7-20-9-10-25(37)27(38)26(20)23)28(39)30(24)41-32(42-31)47-19-35-12-6-13-45(35)17-21(36)15-35/h5,7-10,16,21-22H,6,11-15,17-19H2,1-4H3/t21-,22-,35+/m1/s1. The normalized spacial score (nSPS) is 22.9. The van der Waals surface area contributed by atoms with Gasteiger partial charge in [0, 0.05) is 56.3 Å². The average molecular weight is 667 g/mol. The quantitative estimate of drug-likeness (QED) is 0.211. The number of hydrogen-bond acceptors (Lipinski definition) is 8. The molecule has 7 rings (SSSR count). The molecule has 9 nitrogen and oxygen atoms in total. The van der Waals surface area contributed by atoms with Crippen LogP contribution in [0, 0.1) is 17.5 Å². The number of hydrogen-bond donors (Lipinski definition) is 0. The lowest BCUT2D eigenvalue weighted by Gasteiger charge is -2.31. The second kappa shape index (κ2) is 12.0. The van der Waals surface area contributed by atoms with Gasteiger partial charge in [-0.15, -0.1) is 0 Å². The molecule has 0 aliphatic carbocycles. The van der Waals surface area contributed by atoms with Crippen molar-refractivity contribution in [3.05, 3.63) is 54.0 Å². The lowest BCUT2D eigenvalue weighted by Crippen LogP contribution is -2.43. The number of aromatic nitrogens is 3. The highest BCUT2D eigenvalue weighted by Gasteiger charge is 2.49. The van der Waals surface area contributed by atoms with Crippen molar-refractivity contribution in [1.82, 2.24) is 24.8 Å². The Morgan fingerprint density at radius 3 is 2.69 bits per heavy atom. The zero-order valence-electron chi connectivity index (χ0n) is 27.4. The van der Waals surface area contributed by atoms with Crippen LogP contribution < -0.4 is 9.64 Å². The van der Waals surface area contributed by atoms with Gasteiger partial charge in [-0.1, -0.05) is 24.3 Å². The van der Waals surface area contributed by atoms with Crippen molar-refractivity contribution in [2.24, 2.45) is 0 Å². The van der Waals surface area contributed by atoms with E-state index in [1.165, 1.54) is 18.3 Å². The molecule has 3 saturated heterocycles. The first-order valence-corrected chi connectivity index (χ1v) is 16.3. The Morgan fingerprint density at radius 1 is 1.08 bits per heavy atom. The fourth-order valence-electron chi connectivity index (χ4n) is 7.42. The Hall–Kier alpha value is -4.26. The average Bonchev–Trinajstić information content (AvgIpc) is 3.75. The molecule has 0 spiro atoms. The molecule has 48 heavy (non-hydrogen) atoms. The molecule has 0 radical (unpaired) electrons. The summed E-state index contributed by atoms with van der Waals surface area (Å²) >= 11 is 0. The number of likely N-dealkylation sites (N-methyl/N-ethyl adjacent to an activating group) is 1. The number of halogens is 4. The van der Waals surface area contributed by atoms with E-state index in [1.54, 1.807) is 24.1 Å². The highest BCUT2D eigenvalue weighted by Crippen LogP contribution is 2.41. The van der Waals surface area contributed by atoms with E-state index in [1.807, 2.05) is 25.7 Å². The van der Waals surface area contributed by atoms with Crippen LogP contribution in [-0.4, -0.2) is 94.0 Å². The topological polar surface area (TPSA) is 83.9 Å². The molecule has 0 saturated carbocycles. The van der Waals surface area contributed by atoms with Gasteiger partial charge in [0.1, 0.15) is 35.4 Å². The third kappa shape index (κ3) is 5.75. The van der Waals surface area contributed by atoms with Crippen LogP contribution in [0.2, 0.25) is 0 Å². The maximum absolute atomic E-state index is 16.7. The second-order valence-electron chi connectivity index (χ2n) is 14.1. The first kappa shape index (κ1) is 32.3. The fraction of sp³-hybridized carbons (Fsp3) is 0.486. The molecular weight excluding hydrogens is 628 g/mol. The zero-order valence-corrected chi connectivity index (χ0v) is 27.4. The molecule has 0 unspecified atom stereocenters. The van der Waals surface area contributed by atoms with Gasteiger partial charge in [0.2, 0.25) is 0 Å². The Bertz CT molecular complexity index is 1900. The number of fused-ring (bicyclic) bond motifs is 3. The van der Waals surface area contributed by atoms with Crippen molar-refractivity contribution in [1.29, 1.82) is 0 Å². The number of carbonyl (C=O) groups is 1. The molecule has 4 aromatic rings. The van der Waals surface area contributed by atoms with E-state index >= 15 is 8.78 Å². The number of nitrogens with zero attached hydrogens (tertiary/aromatic N) is 6. The molecule has 13 heteroatoms. The lowest BCUT2D eigenvalue weighted by atomic mass is 9.95. The van der Waals surface area contributed by atoms with Crippen LogP contribution in [-0.2, 0) is 4.74 Å². The lowest BCUT2D eigenvalue weighted by molar-refractivity contribution is 0.0292. The minimum Gasteiger partial charge on any atom is -0.461 e. The first-order valence-electron chi connectivity index (χ1n) is 16.3. The molecular formula is C35H38F4N6O3. The van der Waals surface area contributed by atoms with Crippen molar-refractivity contribution in [3.63, 3.8) is 0 Å². The number of carbonyl (C=O) groups excluding carboxylic acids is 1. The summed E-state index contributed by atoms with van der Waals surface area (Å²) in [5, 5.41) is 0.569. The van der Waals surface area contributed by atoms with E-state index in [-0.39, 0.29) is 46.2 Å². The molecule has 5 heterocycles. The van der Waals surface area contributed by atoms with E-state index in [9.17, 15) is 13.6 Å². The van der Waals surface area contributed by atoms with E-state index in [0.29, 0.717) is 43.7 Å². The third-order valence-corrected chi connectivity index (χ3v) is 9.76. The minimum atomic E-state index is -1.10. The molecule has 3 aliphatic heterocycles. The Morgan fingerprint density at radius 2 is 1.90 bits per heavy atom. The largest absolute Gasteiger partial charge is 0.461 e. The zero-order chi connectivity index (χ0) is 34.0. The summed E-state index contributed by atoms with van der Waals surface area (Å²) < 4.78 is 72.4. The predicted molar refractivity (Wildman–Crippen MR) is 173 cm³/mol. The second-order valence-corrected chi connectivity index (χ2v) is 14.1. The number of benzene rings is 2. The molecule has 0 bridgehead atoms. The number of ether oxygens (including phenoxy) is 2. The van der Waals surface area contributed by atoms with E-state index in [0.717, 1.165) is 25.5 Å². The number of amides is 1. The van der Waals surface area contributed by atoms with Gasteiger partial charge in [-0.25, -0.2) is 22.4 Å². The number of anilines is 1. The number of pyridine rings is 1. The van der Waals surface area contributed by atoms with E-state index in [2.05, 4.69) is 14.9 Å². The molecule has 2 aromatic carbocycles. The summed E-state index contributed by atoms with van der Waals surface area (Å²) in [5.74, 6) is -2.68. The van der Waals surface area contributed by atoms with Crippen LogP contribution in [0.25, 0.3) is 32.9 Å². The highest BCUT2D eigenvalue weighted by molar-refractivity contribution is 5.99. The van der Waals surface area contributed by atoms with E-state index < -0.39 is 40.9 Å².